The number of halogens is 1. The molecule has 0 radical (unpaired) electrons. The van der Waals surface area contributed by atoms with Crippen molar-refractivity contribution in [2.24, 2.45) is 0 Å². The highest BCUT2D eigenvalue weighted by molar-refractivity contribution is 6.30. The lowest BCUT2D eigenvalue weighted by molar-refractivity contribution is -0.00226. The zero-order chi connectivity index (χ0) is 19.0. The number of rotatable bonds is 3. The predicted molar refractivity (Wildman–Crippen MR) is 105 cm³/mol. The number of hydrogen-bond donors (Lipinski definition) is 0. The van der Waals surface area contributed by atoms with Crippen LogP contribution in [0.1, 0.15) is 29.4 Å². The Balaban J connectivity index is 1.58. The summed E-state index contributed by atoms with van der Waals surface area (Å²) in [4.78, 5) is 17.7. The summed E-state index contributed by atoms with van der Waals surface area (Å²) >= 11 is 6.10. The second kappa shape index (κ2) is 7.26. The van der Waals surface area contributed by atoms with Crippen molar-refractivity contribution < 1.29 is 9.53 Å². The van der Waals surface area contributed by atoms with E-state index in [0.717, 1.165) is 44.0 Å². The summed E-state index contributed by atoms with van der Waals surface area (Å²) in [6, 6.07) is 7.49. The largest absolute Gasteiger partial charge is 0.379 e. The van der Waals surface area contributed by atoms with Crippen LogP contribution in [-0.4, -0.2) is 70.4 Å². The molecule has 7 heteroatoms. The fourth-order valence-corrected chi connectivity index (χ4v) is 4.49. The number of benzene rings is 1. The monoisotopic (exact) mass is 388 g/mol. The zero-order valence-corrected chi connectivity index (χ0v) is 16.6. The first kappa shape index (κ1) is 18.5. The Kier molecular flexibility index (Phi) is 4.97. The SMILES string of the molecule is CCN1CCN(C(=O)c2cnn(-c3cccc(Cl)c3)c2C)CC12CCOC2. The highest BCUT2D eigenvalue weighted by atomic mass is 35.5. The van der Waals surface area contributed by atoms with E-state index in [0.29, 0.717) is 23.7 Å². The summed E-state index contributed by atoms with van der Waals surface area (Å²) in [7, 11) is 0. The van der Waals surface area contributed by atoms with Crippen molar-refractivity contribution in [1.82, 2.24) is 19.6 Å². The molecule has 1 aromatic heterocycles. The summed E-state index contributed by atoms with van der Waals surface area (Å²) in [5, 5.41) is 5.09. The third kappa shape index (κ3) is 3.26. The average molecular weight is 389 g/mol. The Morgan fingerprint density at radius 3 is 2.93 bits per heavy atom. The van der Waals surface area contributed by atoms with Crippen LogP contribution < -0.4 is 0 Å². The molecule has 2 aliphatic heterocycles. The topological polar surface area (TPSA) is 50.6 Å². The number of piperazine rings is 1. The molecule has 4 rings (SSSR count). The van der Waals surface area contributed by atoms with Gasteiger partial charge in [0.25, 0.3) is 5.91 Å². The highest BCUT2D eigenvalue weighted by Gasteiger charge is 2.45. The molecule has 2 aliphatic rings. The second-order valence-corrected chi connectivity index (χ2v) is 7.81. The molecule has 0 bridgehead atoms. The van der Waals surface area contributed by atoms with Gasteiger partial charge in [-0.05, 0) is 38.1 Å². The van der Waals surface area contributed by atoms with Gasteiger partial charge in [0.15, 0.2) is 0 Å². The van der Waals surface area contributed by atoms with Gasteiger partial charge in [0.1, 0.15) is 0 Å². The number of hydrogen-bond acceptors (Lipinski definition) is 4. The normalized spacial score (nSPS) is 23.3. The smallest absolute Gasteiger partial charge is 0.257 e. The molecule has 1 atom stereocenters. The van der Waals surface area contributed by atoms with Crippen molar-refractivity contribution in [2.45, 2.75) is 25.8 Å². The third-order valence-electron chi connectivity index (χ3n) is 5.84. The minimum Gasteiger partial charge on any atom is -0.379 e. The van der Waals surface area contributed by atoms with E-state index in [2.05, 4.69) is 16.9 Å². The molecule has 0 saturated carbocycles. The quantitative estimate of drug-likeness (QED) is 0.811. The van der Waals surface area contributed by atoms with Crippen LogP contribution >= 0.6 is 11.6 Å². The minimum atomic E-state index is -0.0421. The van der Waals surface area contributed by atoms with E-state index >= 15 is 0 Å². The van der Waals surface area contributed by atoms with Gasteiger partial charge in [0.05, 0.1) is 35.3 Å². The number of carbonyl (C=O) groups is 1. The standard InChI is InChI=1S/C20H25ClN4O2/c1-3-24-9-8-23(13-20(24)7-10-27-14-20)19(26)18-12-22-25(15(18)2)17-6-4-5-16(21)11-17/h4-6,11-12H,3,7-10,13-14H2,1-2H3. The van der Waals surface area contributed by atoms with Gasteiger partial charge in [-0.2, -0.15) is 5.10 Å². The van der Waals surface area contributed by atoms with E-state index in [1.807, 2.05) is 36.1 Å². The van der Waals surface area contributed by atoms with Gasteiger partial charge in [-0.1, -0.05) is 24.6 Å². The number of nitrogens with zero attached hydrogens (tertiary/aromatic N) is 4. The van der Waals surface area contributed by atoms with Crippen molar-refractivity contribution in [3.63, 3.8) is 0 Å². The lowest BCUT2D eigenvalue weighted by Gasteiger charge is -2.47. The van der Waals surface area contributed by atoms with Gasteiger partial charge in [0.2, 0.25) is 0 Å². The van der Waals surface area contributed by atoms with Crippen molar-refractivity contribution >= 4 is 17.5 Å². The molecule has 1 aromatic carbocycles. The number of amides is 1. The van der Waals surface area contributed by atoms with Gasteiger partial charge >= 0.3 is 0 Å². The molecule has 0 aliphatic carbocycles. The van der Waals surface area contributed by atoms with Crippen LogP contribution in [0.15, 0.2) is 30.5 Å². The molecule has 144 valence electrons. The first-order valence-corrected chi connectivity index (χ1v) is 9.84. The predicted octanol–water partition coefficient (Wildman–Crippen LogP) is 2.77. The van der Waals surface area contributed by atoms with Crippen molar-refractivity contribution in [3.8, 4) is 5.69 Å². The van der Waals surface area contributed by atoms with Crippen molar-refractivity contribution in [1.29, 1.82) is 0 Å². The lowest BCUT2D eigenvalue weighted by atomic mass is 9.92. The van der Waals surface area contributed by atoms with E-state index in [1.54, 1.807) is 10.9 Å². The summed E-state index contributed by atoms with van der Waals surface area (Å²) in [6.45, 7) is 8.88. The Labute approximate surface area is 164 Å². The van der Waals surface area contributed by atoms with E-state index < -0.39 is 0 Å². The van der Waals surface area contributed by atoms with Gasteiger partial charge < -0.3 is 9.64 Å². The van der Waals surface area contributed by atoms with E-state index in [9.17, 15) is 4.79 Å². The molecule has 1 unspecified atom stereocenters. The summed E-state index contributed by atoms with van der Waals surface area (Å²) < 4.78 is 7.47. The number of likely N-dealkylation sites (N-methyl/N-ethyl adjacent to an activating group) is 1. The van der Waals surface area contributed by atoms with Gasteiger partial charge in [-0.15, -0.1) is 0 Å². The van der Waals surface area contributed by atoms with Gasteiger partial charge in [-0.25, -0.2) is 4.68 Å². The summed E-state index contributed by atoms with van der Waals surface area (Å²) in [5.41, 5.74) is 2.29. The Morgan fingerprint density at radius 2 is 2.22 bits per heavy atom. The van der Waals surface area contributed by atoms with E-state index in [4.69, 9.17) is 16.3 Å². The van der Waals surface area contributed by atoms with Crippen molar-refractivity contribution in [2.75, 3.05) is 39.4 Å². The molecule has 2 saturated heterocycles. The molecular formula is C20H25ClN4O2. The maximum absolute atomic E-state index is 13.3. The van der Waals surface area contributed by atoms with Crippen LogP contribution in [0.5, 0.6) is 0 Å². The zero-order valence-electron chi connectivity index (χ0n) is 15.8. The van der Waals surface area contributed by atoms with Crippen LogP contribution in [0, 0.1) is 6.92 Å². The Hall–Kier alpha value is -1.89. The average Bonchev–Trinajstić information content (AvgIpc) is 3.28. The third-order valence-corrected chi connectivity index (χ3v) is 6.08. The lowest BCUT2D eigenvalue weighted by Crippen LogP contribution is -2.63. The first-order valence-electron chi connectivity index (χ1n) is 9.47. The summed E-state index contributed by atoms with van der Waals surface area (Å²) in [6.07, 6.45) is 2.65. The maximum Gasteiger partial charge on any atom is 0.257 e. The molecule has 2 fully saturated rings. The molecule has 0 N–H and O–H groups in total. The van der Waals surface area contributed by atoms with Gasteiger partial charge in [0, 0.05) is 31.3 Å². The Bertz CT molecular complexity index is 844. The van der Waals surface area contributed by atoms with Crippen LogP contribution in [-0.2, 0) is 4.74 Å². The molecule has 1 spiro atoms. The van der Waals surface area contributed by atoms with Crippen molar-refractivity contribution in [3.05, 3.63) is 46.7 Å². The summed E-state index contributed by atoms with van der Waals surface area (Å²) in [5.74, 6) is 0.0443. The first-order chi connectivity index (χ1) is 13.0. The van der Waals surface area contributed by atoms with E-state index in [1.165, 1.54) is 0 Å². The molecule has 1 amide bonds. The molecular weight excluding hydrogens is 364 g/mol. The highest BCUT2D eigenvalue weighted by Crippen LogP contribution is 2.31. The number of carbonyl (C=O) groups excluding carboxylic acids is 1. The number of ether oxygens (including phenoxy) is 1. The second-order valence-electron chi connectivity index (χ2n) is 7.37. The Morgan fingerprint density at radius 1 is 1.37 bits per heavy atom. The van der Waals surface area contributed by atoms with Gasteiger partial charge in [-0.3, -0.25) is 9.69 Å². The van der Waals surface area contributed by atoms with Crippen LogP contribution in [0.2, 0.25) is 5.02 Å². The van der Waals surface area contributed by atoms with Crippen LogP contribution in [0.3, 0.4) is 0 Å². The fraction of sp³-hybridized carbons (Fsp3) is 0.500. The molecule has 6 nitrogen and oxygen atoms in total. The van der Waals surface area contributed by atoms with E-state index in [-0.39, 0.29) is 11.4 Å². The molecule has 27 heavy (non-hydrogen) atoms. The fourth-order valence-electron chi connectivity index (χ4n) is 4.31. The number of aromatic nitrogens is 2. The molecule has 3 heterocycles. The molecule has 2 aromatic rings. The van der Waals surface area contributed by atoms with Crippen LogP contribution in [0.25, 0.3) is 5.69 Å². The minimum absolute atomic E-state index is 0.0421. The maximum atomic E-state index is 13.3. The van der Waals surface area contributed by atoms with Crippen LogP contribution in [0.4, 0.5) is 0 Å².